The first kappa shape index (κ1) is 12.3. The minimum atomic E-state index is 0.248. The maximum absolute atomic E-state index is 9.12. The highest BCUT2D eigenvalue weighted by Crippen LogP contribution is 2.24. The van der Waals surface area contributed by atoms with Crippen molar-refractivity contribution in [3.8, 4) is 0 Å². The molecule has 4 nitrogen and oxygen atoms in total. The average molecular weight is 235 g/mol. The highest BCUT2D eigenvalue weighted by molar-refractivity contribution is 5.41. The van der Waals surface area contributed by atoms with Crippen LogP contribution >= 0.6 is 0 Å². The largest absolute Gasteiger partial charge is 0.396 e. The molecule has 0 aliphatic carbocycles. The van der Waals surface area contributed by atoms with Gasteiger partial charge >= 0.3 is 0 Å². The van der Waals surface area contributed by atoms with Gasteiger partial charge in [-0.05, 0) is 37.8 Å². The van der Waals surface area contributed by atoms with Crippen LogP contribution in [0.25, 0.3) is 0 Å². The molecule has 17 heavy (non-hydrogen) atoms. The Morgan fingerprint density at radius 2 is 2.29 bits per heavy atom. The fraction of sp³-hybridized carbons (Fsp3) is 0.615. The predicted octanol–water partition coefficient (Wildman–Crippen LogP) is 1.28. The molecule has 0 aromatic carbocycles. The van der Waals surface area contributed by atoms with Gasteiger partial charge < -0.3 is 15.7 Å². The topological polar surface area (TPSA) is 62.4 Å². The lowest BCUT2D eigenvalue weighted by Gasteiger charge is -2.36. The first-order valence-electron chi connectivity index (χ1n) is 6.38. The quantitative estimate of drug-likeness (QED) is 0.825. The Kier molecular flexibility index (Phi) is 4.34. The molecule has 1 saturated heterocycles. The van der Waals surface area contributed by atoms with Crippen molar-refractivity contribution >= 4 is 5.82 Å². The van der Waals surface area contributed by atoms with Gasteiger partial charge in [0, 0.05) is 25.7 Å². The van der Waals surface area contributed by atoms with Crippen LogP contribution in [0, 0.1) is 0 Å². The number of anilines is 1. The molecule has 94 valence electrons. The van der Waals surface area contributed by atoms with Gasteiger partial charge in [0.25, 0.3) is 0 Å². The number of piperidine rings is 1. The van der Waals surface area contributed by atoms with E-state index in [0.29, 0.717) is 12.6 Å². The third-order valence-corrected chi connectivity index (χ3v) is 3.38. The van der Waals surface area contributed by atoms with Gasteiger partial charge in [-0.2, -0.15) is 0 Å². The van der Waals surface area contributed by atoms with E-state index >= 15 is 0 Å². The maximum Gasteiger partial charge on any atom is 0.129 e. The molecule has 1 aliphatic rings. The predicted molar refractivity (Wildman–Crippen MR) is 68.8 cm³/mol. The molecule has 3 N–H and O–H groups in total. The number of hydrogen-bond acceptors (Lipinski definition) is 4. The first-order chi connectivity index (χ1) is 8.35. The summed E-state index contributed by atoms with van der Waals surface area (Å²) in [5.41, 5.74) is 6.55. The number of rotatable bonds is 4. The van der Waals surface area contributed by atoms with E-state index in [1.165, 1.54) is 12.8 Å². The lowest BCUT2D eigenvalue weighted by molar-refractivity contribution is 0.262. The van der Waals surface area contributed by atoms with Crippen molar-refractivity contribution in [3.63, 3.8) is 0 Å². The zero-order valence-electron chi connectivity index (χ0n) is 10.2. The van der Waals surface area contributed by atoms with Gasteiger partial charge in [0.05, 0.1) is 5.69 Å². The minimum absolute atomic E-state index is 0.248. The molecule has 2 heterocycles. The monoisotopic (exact) mass is 235 g/mol. The molecule has 1 fully saturated rings. The standard InChI is InChI=1S/C13H21N3O/c14-10-11-4-3-6-13(15-11)16-8-2-1-5-12(16)7-9-17/h3-4,6,12,17H,1-2,5,7-10,14H2. The lowest BCUT2D eigenvalue weighted by atomic mass is 9.99. The molecule has 1 unspecified atom stereocenters. The summed E-state index contributed by atoms with van der Waals surface area (Å²) in [6, 6.07) is 6.42. The number of aliphatic hydroxyl groups is 1. The normalized spacial score (nSPS) is 20.6. The number of nitrogens with zero attached hydrogens (tertiary/aromatic N) is 2. The fourth-order valence-corrected chi connectivity index (χ4v) is 2.49. The van der Waals surface area contributed by atoms with Gasteiger partial charge in [-0.15, -0.1) is 0 Å². The van der Waals surface area contributed by atoms with Gasteiger partial charge in [-0.3, -0.25) is 0 Å². The van der Waals surface area contributed by atoms with E-state index in [4.69, 9.17) is 10.8 Å². The van der Waals surface area contributed by atoms with Crippen molar-refractivity contribution in [2.24, 2.45) is 5.73 Å². The van der Waals surface area contributed by atoms with Crippen LogP contribution in [0.5, 0.6) is 0 Å². The highest BCUT2D eigenvalue weighted by atomic mass is 16.3. The molecule has 4 heteroatoms. The molecule has 0 spiro atoms. The average Bonchev–Trinajstić information content (AvgIpc) is 2.40. The van der Waals surface area contributed by atoms with E-state index in [0.717, 1.165) is 30.9 Å². The number of pyridine rings is 1. The van der Waals surface area contributed by atoms with Crippen LogP contribution in [0.2, 0.25) is 0 Å². The summed E-state index contributed by atoms with van der Waals surface area (Å²) in [5.74, 6) is 1.01. The maximum atomic E-state index is 9.12. The molecule has 0 radical (unpaired) electrons. The Labute approximate surface area is 102 Å². The SMILES string of the molecule is NCc1cccc(N2CCCCC2CCO)n1. The van der Waals surface area contributed by atoms with Gasteiger partial charge in [-0.1, -0.05) is 6.07 Å². The fourth-order valence-electron chi connectivity index (χ4n) is 2.49. The Hall–Kier alpha value is -1.13. The van der Waals surface area contributed by atoms with Gasteiger partial charge in [0.2, 0.25) is 0 Å². The Bertz CT molecular complexity index is 354. The van der Waals surface area contributed by atoms with Gasteiger partial charge in [0.1, 0.15) is 5.82 Å². The van der Waals surface area contributed by atoms with Crippen LogP contribution < -0.4 is 10.6 Å². The van der Waals surface area contributed by atoms with Crippen LogP contribution in [0.15, 0.2) is 18.2 Å². The minimum Gasteiger partial charge on any atom is -0.396 e. The van der Waals surface area contributed by atoms with E-state index in [-0.39, 0.29) is 6.61 Å². The second-order valence-electron chi connectivity index (χ2n) is 4.55. The smallest absolute Gasteiger partial charge is 0.129 e. The molecule has 1 aromatic heterocycles. The summed E-state index contributed by atoms with van der Waals surface area (Å²) in [6.07, 6.45) is 4.43. The van der Waals surface area contributed by atoms with Crippen LogP contribution in [-0.4, -0.2) is 29.3 Å². The van der Waals surface area contributed by atoms with Gasteiger partial charge in [-0.25, -0.2) is 4.98 Å². The number of aromatic nitrogens is 1. The van der Waals surface area contributed by atoms with Crippen LogP contribution in [0.4, 0.5) is 5.82 Å². The molecule has 1 aromatic rings. The second-order valence-corrected chi connectivity index (χ2v) is 4.55. The van der Waals surface area contributed by atoms with Crippen molar-refractivity contribution < 1.29 is 5.11 Å². The Morgan fingerprint density at radius 1 is 1.41 bits per heavy atom. The Morgan fingerprint density at radius 3 is 3.06 bits per heavy atom. The second kappa shape index (κ2) is 5.98. The summed E-state index contributed by atoms with van der Waals surface area (Å²) < 4.78 is 0. The zero-order chi connectivity index (χ0) is 12.1. The molecular weight excluding hydrogens is 214 g/mol. The van der Waals surface area contributed by atoms with E-state index in [1.807, 2.05) is 18.2 Å². The van der Waals surface area contributed by atoms with Crippen molar-refractivity contribution in [2.45, 2.75) is 38.3 Å². The number of aliphatic hydroxyl groups excluding tert-OH is 1. The zero-order valence-corrected chi connectivity index (χ0v) is 10.2. The van der Waals surface area contributed by atoms with Crippen LogP contribution in [0.3, 0.4) is 0 Å². The Balaban J connectivity index is 2.16. The molecular formula is C13H21N3O. The lowest BCUT2D eigenvalue weighted by Crippen LogP contribution is -2.40. The molecule has 0 saturated carbocycles. The highest BCUT2D eigenvalue weighted by Gasteiger charge is 2.22. The van der Waals surface area contributed by atoms with Crippen molar-refractivity contribution in [1.82, 2.24) is 4.98 Å². The molecule has 1 atom stereocenters. The molecule has 2 rings (SSSR count). The summed E-state index contributed by atoms with van der Waals surface area (Å²) in [4.78, 5) is 6.89. The third kappa shape index (κ3) is 2.96. The summed E-state index contributed by atoms with van der Waals surface area (Å²) in [7, 11) is 0. The molecule has 1 aliphatic heterocycles. The number of hydrogen-bond donors (Lipinski definition) is 2. The van der Waals surface area contributed by atoms with E-state index in [9.17, 15) is 0 Å². The summed E-state index contributed by atoms with van der Waals surface area (Å²) >= 11 is 0. The van der Waals surface area contributed by atoms with Crippen LogP contribution in [0.1, 0.15) is 31.4 Å². The van der Waals surface area contributed by atoms with Crippen LogP contribution in [-0.2, 0) is 6.54 Å². The summed E-state index contributed by atoms with van der Waals surface area (Å²) in [5, 5.41) is 9.12. The van der Waals surface area contributed by atoms with Crippen molar-refractivity contribution in [1.29, 1.82) is 0 Å². The third-order valence-electron chi connectivity index (χ3n) is 3.38. The van der Waals surface area contributed by atoms with E-state index < -0.39 is 0 Å². The van der Waals surface area contributed by atoms with Crippen molar-refractivity contribution in [3.05, 3.63) is 23.9 Å². The first-order valence-corrected chi connectivity index (χ1v) is 6.38. The summed E-state index contributed by atoms with van der Waals surface area (Å²) in [6.45, 7) is 1.76. The van der Waals surface area contributed by atoms with Crippen molar-refractivity contribution in [2.75, 3.05) is 18.1 Å². The molecule has 0 bridgehead atoms. The van der Waals surface area contributed by atoms with E-state index in [2.05, 4.69) is 9.88 Å². The number of nitrogens with two attached hydrogens (primary N) is 1. The van der Waals surface area contributed by atoms with E-state index in [1.54, 1.807) is 0 Å². The molecule has 0 amide bonds. The van der Waals surface area contributed by atoms with Gasteiger partial charge in [0.15, 0.2) is 0 Å².